The van der Waals surface area contributed by atoms with Gasteiger partial charge in [0.25, 0.3) is 0 Å². The average molecular weight is 220 g/mol. The van der Waals surface area contributed by atoms with Gasteiger partial charge in [-0.25, -0.2) is 0 Å². The fraction of sp³-hybridized carbons (Fsp3) is 0.182. The first kappa shape index (κ1) is 10.5. The number of rotatable bonds is 3. The molecular weight excluding hydrogens is 208 g/mol. The van der Waals surface area contributed by atoms with Gasteiger partial charge in [-0.15, -0.1) is 0 Å². The second-order valence-corrected chi connectivity index (χ2v) is 3.60. The number of hydrogen-bond acceptors (Lipinski definition) is 3. The zero-order valence-electron chi connectivity index (χ0n) is 8.47. The SMILES string of the molecule is NCC(C(=O)O)c1c[nH]c2ccc(O)cc12. The molecule has 0 fully saturated rings. The van der Waals surface area contributed by atoms with Gasteiger partial charge in [0.15, 0.2) is 0 Å². The third-order valence-corrected chi connectivity index (χ3v) is 2.61. The molecule has 0 aliphatic carbocycles. The number of phenols is 1. The summed E-state index contributed by atoms with van der Waals surface area (Å²) in [6, 6.07) is 4.77. The van der Waals surface area contributed by atoms with E-state index in [1.807, 2.05) is 0 Å². The lowest BCUT2D eigenvalue weighted by molar-refractivity contribution is -0.138. The Labute approximate surface area is 91.5 Å². The van der Waals surface area contributed by atoms with E-state index in [9.17, 15) is 9.90 Å². The van der Waals surface area contributed by atoms with Crippen molar-refractivity contribution < 1.29 is 15.0 Å². The van der Waals surface area contributed by atoms with Crippen molar-refractivity contribution in [1.82, 2.24) is 4.98 Å². The first-order valence-corrected chi connectivity index (χ1v) is 4.86. The Hall–Kier alpha value is -2.01. The molecule has 2 rings (SSSR count). The van der Waals surface area contributed by atoms with Crippen LogP contribution >= 0.6 is 0 Å². The molecule has 5 nitrogen and oxygen atoms in total. The Morgan fingerprint density at radius 2 is 2.25 bits per heavy atom. The molecular formula is C11H12N2O3. The third kappa shape index (κ3) is 1.61. The quantitative estimate of drug-likeness (QED) is 0.620. The van der Waals surface area contributed by atoms with Gasteiger partial charge in [0.1, 0.15) is 5.75 Å². The summed E-state index contributed by atoms with van der Waals surface area (Å²) in [5.41, 5.74) is 6.82. The van der Waals surface area contributed by atoms with Gasteiger partial charge in [0.05, 0.1) is 5.92 Å². The third-order valence-electron chi connectivity index (χ3n) is 2.61. The van der Waals surface area contributed by atoms with Crippen LogP contribution in [0.2, 0.25) is 0 Å². The molecule has 0 spiro atoms. The van der Waals surface area contributed by atoms with Gasteiger partial charge in [-0.05, 0) is 23.8 Å². The number of carbonyl (C=O) groups is 1. The number of benzene rings is 1. The van der Waals surface area contributed by atoms with Gasteiger partial charge in [-0.1, -0.05) is 0 Å². The number of fused-ring (bicyclic) bond motifs is 1. The first-order valence-electron chi connectivity index (χ1n) is 4.86. The minimum Gasteiger partial charge on any atom is -0.508 e. The van der Waals surface area contributed by atoms with E-state index in [0.717, 1.165) is 5.52 Å². The van der Waals surface area contributed by atoms with E-state index in [2.05, 4.69) is 4.98 Å². The lowest BCUT2D eigenvalue weighted by Gasteiger charge is -2.08. The van der Waals surface area contributed by atoms with Crippen LogP contribution in [0.25, 0.3) is 10.9 Å². The van der Waals surface area contributed by atoms with Crippen LogP contribution in [0.4, 0.5) is 0 Å². The van der Waals surface area contributed by atoms with Crippen LogP contribution < -0.4 is 5.73 Å². The molecule has 1 unspecified atom stereocenters. The number of hydrogen-bond donors (Lipinski definition) is 4. The van der Waals surface area contributed by atoms with Gasteiger partial charge in [-0.3, -0.25) is 4.79 Å². The lowest BCUT2D eigenvalue weighted by atomic mass is 9.99. The fourth-order valence-electron chi connectivity index (χ4n) is 1.78. The number of aromatic nitrogens is 1. The normalized spacial score (nSPS) is 12.8. The highest BCUT2D eigenvalue weighted by molar-refractivity contribution is 5.90. The van der Waals surface area contributed by atoms with Crippen molar-refractivity contribution in [2.24, 2.45) is 5.73 Å². The fourth-order valence-corrected chi connectivity index (χ4v) is 1.78. The van der Waals surface area contributed by atoms with Gasteiger partial charge in [0, 0.05) is 23.6 Å². The van der Waals surface area contributed by atoms with Crippen molar-refractivity contribution in [2.75, 3.05) is 6.54 Å². The molecule has 0 saturated heterocycles. The van der Waals surface area contributed by atoms with Gasteiger partial charge in [0.2, 0.25) is 0 Å². The molecule has 1 atom stereocenters. The van der Waals surface area contributed by atoms with Gasteiger partial charge >= 0.3 is 5.97 Å². The van der Waals surface area contributed by atoms with Gasteiger partial charge in [-0.2, -0.15) is 0 Å². The maximum absolute atomic E-state index is 11.0. The Bertz CT molecular complexity index is 533. The van der Waals surface area contributed by atoms with Crippen LogP contribution in [-0.2, 0) is 4.79 Å². The average Bonchev–Trinajstić information content (AvgIpc) is 2.62. The predicted octanol–water partition coefficient (Wildman–Crippen LogP) is 1.00. The van der Waals surface area contributed by atoms with Gasteiger partial charge < -0.3 is 20.9 Å². The highest BCUT2D eigenvalue weighted by Gasteiger charge is 2.21. The second kappa shape index (κ2) is 3.86. The second-order valence-electron chi connectivity index (χ2n) is 3.60. The van der Waals surface area contributed by atoms with Crippen LogP contribution in [0, 0.1) is 0 Å². The number of aromatic amines is 1. The molecule has 2 aromatic rings. The van der Waals surface area contributed by atoms with Crippen molar-refractivity contribution in [3.8, 4) is 5.75 Å². The molecule has 0 bridgehead atoms. The zero-order chi connectivity index (χ0) is 11.7. The molecule has 1 aromatic heterocycles. The number of aromatic hydroxyl groups is 1. The minimum atomic E-state index is -0.966. The zero-order valence-corrected chi connectivity index (χ0v) is 8.47. The van der Waals surface area contributed by atoms with Crippen LogP contribution in [0.5, 0.6) is 5.75 Å². The Kier molecular flexibility index (Phi) is 2.54. The lowest BCUT2D eigenvalue weighted by Crippen LogP contribution is -2.20. The Morgan fingerprint density at radius 3 is 2.88 bits per heavy atom. The molecule has 0 aliphatic rings. The number of aliphatic carboxylic acids is 1. The molecule has 0 aliphatic heterocycles. The summed E-state index contributed by atoms with van der Waals surface area (Å²) in [7, 11) is 0. The number of H-pyrrole nitrogens is 1. The summed E-state index contributed by atoms with van der Waals surface area (Å²) in [5, 5.41) is 19.1. The Morgan fingerprint density at radius 1 is 1.50 bits per heavy atom. The van der Waals surface area contributed by atoms with Crippen molar-refractivity contribution in [3.63, 3.8) is 0 Å². The summed E-state index contributed by atoms with van der Waals surface area (Å²) < 4.78 is 0. The number of phenolic OH excluding ortho intramolecular Hbond substituents is 1. The summed E-state index contributed by atoms with van der Waals surface area (Å²) in [6.07, 6.45) is 1.62. The summed E-state index contributed by atoms with van der Waals surface area (Å²) in [6.45, 7) is 0.0257. The van der Waals surface area contributed by atoms with Crippen LogP contribution in [0.3, 0.4) is 0 Å². The van der Waals surface area contributed by atoms with E-state index >= 15 is 0 Å². The molecule has 1 heterocycles. The molecule has 5 N–H and O–H groups in total. The molecule has 16 heavy (non-hydrogen) atoms. The van der Waals surface area contributed by atoms with Crippen LogP contribution in [-0.4, -0.2) is 27.7 Å². The van der Waals surface area contributed by atoms with E-state index in [-0.39, 0.29) is 12.3 Å². The van der Waals surface area contributed by atoms with E-state index in [1.54, 1.807) is 18.3 Å². The number of nitrogens with one attached hydrogen (secondary N) is 1. The summed E-state index contributed by atoms with van der Waals surface area (Å²) >= 11 is 0. The number of carboxylic acids is 1. The standard InChI is InChI=1S/C11H12N2O3/c12-4-8(11(15)16)9-5-13-10-2-1-6(14)3-7(9)10/h1-3,5,8,13-14H,4,12H2,(H,15,16). The molecule has 0 amide bonds. The largest absolute Gasteiger partial charge is 0.508 e. The van der Waals surface area contributed by atoms with Crippen molar-refractivity contribution in [2.45, 2.75) is 5.92 Å². The van der Waals surface area contributed by atoms with Crippen molar-refractivity contribution in [3.05, 3.63) is 30.0 Å². The van der Waals surface area contributed by atoms with Crippen LogP contribution in [0.1, 0.15) is 11.5 Å². The maximum atomic E-state index is 11.0. The molecule has 5 heteroatoms. The highest BCUT2D eigenvalue weighted by Crippen LogP contribution is 2.28. The van der Waals surface area contributed by atoms with E-state index in [4.69, 9.17) is 10.8 Å². The topological polar surface area (TPSA) is 99.3 Å². The molecule has 0 radical (unpaired) electrons. The van der Waals surface area contributed by atoms with Crippen LogP contribution in [0.15, 0.2) is 24.4 Å². The predicted molar refractivity (Wildman–Crippen MR) is 59.4 cm³/mol. The highest BCUT2D eigenvalue weighted by atomic mass is 16.4. The Balaban J connectivity index is 2.59. The maximum Gasteiger partial charge on any atom is 0.312 e. The summed E-state index contributed by atoms with van der Waals surface area (Å²) in [4.78, 5) is 14.0. The van der Waals surface area contributed by atoms with Crippen molar-refractivity contribution >= 4 is 16.9 Å². The smallest absolute Gasteiger partial charge is 0.312 e. The van der Waals surface area contributed by atoms with E-state index < -0.39 is 11.9 Å². The van der Waals surface area contributed by atoms with E-state index in [0.29, 0.717) is 10.9 Å². The minimum absolute atomic E-state index is 0.0257. The number of nitrogens with two attached hydrogens (primary N) is 1. The molecule has 1 aromatic carbocycles. The van der Waals surface area contributed by atoms with Crippen molar-refractivity contribution in [1.29, 1.82) is 0 Å². The first-order chi connectivity index (χ1) is 7.63. The summed E-state index contributed by atoms with van der Waals surface area (Å²) in [5.74, 6) is -1.61. The monoisotopic (exact) mass is 220 g/mol. The number of carboxylic acid groups (broad SMARTS) is 1. The molecule has 0 saturated carbocycles. The van der Waals surface area contributed by atoms with E-state index in [1.165, 1.54) is 6.07 Å². The molecule has 84 valence electrons.